The predicted octanol–water partition coefficient (Wildman–Crippen LogP) is 4.85. The van der Waals surface area contributed by atoms with Crippen LogP contribution in [0.25, 0.3) is 11.3 Å². The van der Waals surface area contributed by atoms with Gasteiger partial charge in [-0.05, 0) is 69.9 Å². The van der Waals surface area contributed by atoms with Crippen molar-refractivity contribution in [2.45, 2.75) is 19.0 Å². The van der Waals surface area contributed by atoms with E-state index in [-0.39, 0.29) is 36.5 Å². The molecule has 1 aromatic heterocycles. The Morgan fingerprint density at radius 3 is 2.32 bits per heavy atom. The number of carbonyl (C=O) groups excluding carboxylic acids is 3. The Balaban J connectivity index is 1.34. The zero-order chi connectivity index (χ0) is 26.6. The molecule has 0 radical (unpaired) electrons. The van der Waals surface area contributed by atoms with Crippen molar-refractivity contribution < 1.29 is 18.8 Å². The summed E-state index contributed by atoms with van der Waals surface area (Å²) in [6, 6.07) is 18.0. The summed E-state index contributed by atoms with van der Waals surface area (Å²) in [5, 5.41) is 4.28. The zero-order valence-corrected chi connectivity index (χ0v) is 22.0. The van der Waals surface area contributed by atoms with E-state index in [2.05, 4.69) is 21.0 Å². The second-order valence-electron chi connectivity index (χ2n) is 9.52. The average Bonchev–Trinajstić information content (AvgIpc) is 3.50. The third kappa shape index (κ3) is 4.03. The van der Waals surface area contributed by atoms with Gasteiger partial charge in [-0.15, -0.1) is 0 Å². The molecular weight excluding hydrogens is 551 g/mol. The van der Waals surface area contributed by atoms with Crippen LogP contribution in [0.5, 0.6) is 0 Å². The van der Waals surface area contributed by atoms with Gasteiger partial charge in [-0.3, -0.25) is 24.0 Å². The Bertz CT molecular complexity index is 1580. The van der Waals surface area contributed by atoms with E-state index in [9.17, 15) is 18.8 Å². The van der Waals surface area contributed by atoms with Crippen LogP contribution in [-0.4, -0.2) is 49.9 Å². The maximum atomic E-state index is 14.0. The van der Waals surface area contributed by atoms with Crippen LogP contribution in [0.1, 0.15) is 42.2 Å². The van der Waals surface area contributed by atoms with Crippen LogP contribution >= 0.6 is 15.9 Å². The molecule has 2 aliphatic rings. The standard InChI is InChI=1S/C29H22BrFN4O3/c1-33-26(25(30)14-32-33)18-9-10-22-19(13-18)15-34(27(22)36)21(12-17-5-4-6-20(31)11-17)16-35-28(37)23-7-2-3-8-24(23)29(35)38/h2-11,13-14,21H,12,15-16H2,1H3/t21-/m1/s1. The van der Waals surface area contributed by atoms with Crippen LogP contribution in [0.15, 0.2) is 77.4 Å². The Hall–Kier alpha value is -4.11. The molecule has 3 heterocycles. The lowest BCUT2D eigenvalue weighted by atomic mass is 10.0. The molecule has 0 saturated heterocycles. The van der Waals surface area contributed by atoms with Crippen molar-refractivity contribution in [1.29, 1.82) is 0 Å². The summed E-state index contributed by atoms with van der Waals surface area (Å²) in [7, 11) is 1.85. The molecule has 190 valence electrons. The quantitative estimate of drug-likeness (QED) is 0.309. The van der Waals surface area contributed by atoms with Gasteiger partial charge < -0.3 is 4.90 Å². The molecular formula is C29H22BrFN4O3. The van der Waals surface area contributed by atoms with Crippen LogP contribution in [0, 0.1) is 5.82 Å². The molecule has 0 saturated carbocycles. The van der Waals surface area contributed by atoms with E-state index < -0.39 is 6.04 Å². The van der Waals surface area contributed by atoms with Crippen LogP contribution in [0.4, 0.5) is 4.39 Å². The van der Waals surface area contributed by atoms with Crippen molar-refractivity contribution >= 4 is 33.7 Å². The van der Waals surface area contributed by atoms with E-state index in [0.29, 0.717) is 28.8 Å². The van der Waals surface area contributed by atoms with Crippen molar-refractivity contribution in [3.63, 3.8) is 0 Å². The molecule has 38 heavy (non-hydrogen) atoms. The number of halogens is 2. The third-order valence-electron chi connectivity index (χ3n) is 7.18. The van der Waals surface area contributed by atoms with Crippen molar-refractivity contribution in [3.05, 3.63) is 111 Å². The smallest absolute Gasteiger partial charge is 0.261 e. The number of nitrogens with zero attached hydrogens (tertiary/aromatic N) is 4. The van der Waals surface area contributed by atoms with Gasteiger partial charge in [0, 0.05) is 24.7 Å². The van der Waals surface area contributed by atoms with E-state index in [1.165, 1.54) is 17.0 Å². The highest BCUT2D eigenvalue weighted by Gasteiger charge is 2.40. The highest BCUT2D eigenvalue weighted by Crippen LogP contribution is 2.34. The summed E-state index contributed by atoms with van der Waals surface area (Å²) in [6.45, 7) is 0.309. The maximum Gasteiger partial charge on any atom is 0.261 e. The monoisotopic (exact) mass is 572 g/mol. The number of rotatable bonds is 6. The summed E-state index contributed by atoms with van der Waals surface area (Å²) in [6.07, 6.45) is 2.00. The summed E-state index contributed by atoms with van der Waals surface area (Å²) in [4.78, 5) is 42.8. The molecule has 6 rings (SSSR count). The number of benzene rings is 3. The summed E-state index contributed by atoms with van der Waals surface area (Å²) in [5.74, 6) is -1.34. The molecule has 0 aliphatic carbocycles. The lowest BCUT2D eigenvalue weighted by Crippen LogP contribution is -2.47. The molecule has 2 aliphatic heterocycles. The van der Waals surface area contributed by atoms with Gasteiger partial charge in [-0.2, -0.15) is 5.10 Å². The molecule has 4 aromatic rings. The van der Waals surface area contributed by atoms with Crippen LogP contribution in [0.3, 0.4) is 0 Å². The van der Waals surface area contributed by atoms with E-state index in [4.69, 9.17) is 0 Å². The number of imide groups is 1. The topological polar surface area (TPSA) is 75.5 Å². The van der Waals surface area contributed by atoms with E-state index in [1.54, 1.807) is 58.2 Å². The van der Waals surface area contributed by atoms with Gasteiger partial charge in [-0.25, -0.2) is 4.39 Å². The summed E-state index contributed by atoms with van der Waals surface area (Å²) >= 11 is 3.54. The molecule has 0 N–H and O–H groups in total. The van der Waals surface area contributed by atoms with Gasteiger partial charge in [0.05, 0.1) is 40.1 Å². The number of aromatic nitrogens is 2. The zero-order valence-electron chi connectivity index (χ0n) is 20.4. The summed E-state index contributed by atoms with van der Waals surface area (Å²) < 4.78 is 16.6. The summed E-state index contributed by atoms with van der Waals surface area (Å²) in [5.41, 5.74) is 4.59. The van der Waals surface area contributed by atoms with E-state index >= 15 is 0 Å². The largest absolute Gasteiger partial charge is 0.329 e. The van der Waals surface area contributed by atoms with Gasteiger partial charge in [0.25, 0.3) is 17.7 Å². The molecule has 0 unspecified atom stereocenters. The van der Waals surface area contributed by atoms with Gasteiger partial charge in [0.15, 0.2) is 0 Å². The third-order valence-corrected chi connectivity index (χ3v) is 7.76. The second-order valence-corrected chi connectivity index (χ2v) is 10.4. The van der Waals surface area contributed by atoms with Gasteiger partial charge in [-0.1, -0.05) is 30.3 Å². The van der Waals surface area contributed by atoms with E-state index in [0.717, 1.165) is 21.3 Å². The Labute approximate surface area is 226 Å². The molecule has 3 amide bonds. The highest BCUT2D eigenvalue weighted by molar-refractivity contribution is 9.10. The SMILES string of the molecule is Cn1ncc(Br)c1-c1ccc2c(c1)CN([C@H](Cc1cccc(F)c1)CN1C(=O)c3ccccc3C1=O)C2=O. The Morgan fingerprint density at radius 2 is 1.66 bits per heavy atom. The molecule has 0 bridgehead atoms. The van der Waals surface area contributed by atoms with Crippen molar-refractivity contribution in [1.82, 2.24) is 19.6 Å². The van der Waals surface area contributed by atoms with Gasteiger partial charge in [0.1, 0.15) is 5.82 Å². The lowest BCUT2D eigenvalue weighted by Gasteiger charge is -2.31. The molecule has 0 spiro atoms. The maximum absolute atomic E-state index is 14.0. The Morgan fingerprint density at radius 1 is 0.921 bits per heavy atom. The first-order chi connectivity index (χ1) is 18.3. The number of aryl methyl sites for hydroxylation is 1. The van der Waals surface area contributed by atoms with Crippen LogP contribution in [-0.2, 0) is 20.0 Å². The molecule has 0 fully saturated rings. The molecule has 9 heteroatoms. The fraction of sp³-hybridized carbons (Fsp3) is 0.172. The minimum atomic E-state index is -0.550. The number of carbonyl (C=O) groups is 3. The number of hydrogen-bond acceptors (Lipinski definition) is 4. The fourth-order valence-corrected chi connectivity index (χ4v) is 5.92. The van der Waals surface area contributed by atoms with Crippen molar-refractivity contribution in [2.75, 3.05) is 6.54 Å². The predicted molar refractivity (Wildman–Crippen MR) is 142 cm³/mol. The first-order valence-electron chi connectivity index (χ1n) is 12.1. The number of fused-ring (bicyclic) bond motifs is 2. The van der Waals surface area contributed by atoms with E-state index in [1.807, 2.05) is 19.2 Å². The number of amides is 3. The van der Waals surface area contributed by atoms with Crippen LogP contribution < -0.4 is 0 Å². The van der Waals surface area contributed by atoms with Crippen molar-refractivity contribution in [2.24, 2.45) is 7.05 Å². The Kier molecular flexibility index (Phi) is 5.95. The second kappa shape index (κ2) is 9.33. The first kappa shape index (κ1) is 24.2. The number of hydrogen-bond donors (Lipinski definition) is 0. The normalized spacial score (nSPS) is 15.3. The lowest BCUT2D eigenvalue weighted by molar-refractivity contribution is 0.0528. The fourth-order valence-electron chi connectivity index (χ4n) is 5.35. The van der Waals surface area contributed by atoms with Crippen LogP contribution in [0.2, 0.25) is 0 Å². The molecule has 7 nitrogen and oxygen atoms in total. The molecule has 3 aromatic carbocycles. The van der Waals surface area contributed by atoms with Gasteiger partial charge >= 0.3 is 0 Å². The van der Waals surface area contributed by atoms with Gasteiger partial charge in [0.2, 0.25) is 0 Å². The average molecular weight is 573 g/mol. The minimum absolute atomic E-state index is 0.00270. The minimum Gasteiger partial charge on any atom is -0.329 e. The van der Waals surface area contributed by atoms with Crippen molar-refractivity contribution in [3.8, 4) is 11.3 Å². The first-order valence-corrected chi connectivity index (χ1v) is 12.9. The molecule has 1 atom stereocenters. The highest BCUT2D eigenvalue weighted by atomic mass is 79.9.